The number of hydrogen-bond donors (Lipinski definition) is 1. The van der Waals surface area contributed by atoms with Crippen molar-refractivity contribution in [3.8, 4) is 22.6 Å². The van der Waals surface area contributed by atoms with E-state index in [9.17, 15) is 17.6 Å². The summed E-state index contributed by atoms with van der Waals surface area (Å²) in [5.41, 5.74) is 2.75. The molecule has 1 aliphatic rings. The van der Waals surface area contributed by atoms with Crippen molar-refractivity contribution in [1.82, 2.24) is 4.98 Å². The number of anilines is 1. The summed E-state index contributed by atoms with van der Waals surface area (Å²) in [5, 5.41) is 2.94. The Morgan fingerprint density at radius 3 is 2.21 bits per heavy atom. The number of ether oxygens (including phenoxy) is 2. The van der Waals surface area contributed by atoms with Gasteiger partial charge >= 0.3 is 6.29 Å². The molecule has 0 saturated heterocycles. The minimum absolute atomic E-state index is 0.00839. The van der Waals surface area contributed by atoms with Crippen molar-refractivity contribution in [1.29, 1.82) is 0 Å². The van der Waals surface area contributed by atoms with Crippen molar-refractivity contribution in [2.24, 2.45) is 0 Å². The molecular formula is C20H14F4N2O2. The third kappa shape index (κ3) is 3.45. The Morgan fingerprint density at radius 1 is 0.964 bits per heavy atom. The van der Waals surface area contributed by atoms with E-state index in [1.165, 1.54) is 12.1 Å². The van der Waals surface area contributed by atoms with E-state index in [4.69, 9.17) is 0 Å². The third-order valence-corrected chi connectivity index (χ3v) is 4.37. The summed E-state index contributed by atoms with van der Waals surface area (Å²) in [5.74, 6) is -1.49. The number of aryl methyl sites for hydroxylation is 1. The molecule has 4 nitrogen and oxygen atoms in total. The zero-order chi connectivity index (χ0) is 19.9. The van der Waals surface area contributed by atoms with Gasteiger partial charge in [-0.1, -0.05) is 12.1 Å². The van der Waals surface area contributed by atoms with Gasteiger partial charge in [0.2, 0.25) is 0 Å². The number of aromatic nitrogens is 1. The molecule has 3 aromatic rings. The van der Waals surface area contributed by atoms with Crippen LogP contribution in [0.1, 0.15) is 11.1 Å². The molecule has 1 aromatic heterocycles. The first-order chi connectivity index (χ1) is 13.3. The number of rotatable bonds is 4. The van der Waals surface area contributed by atoms with Crippen LogP contribution in [0.15, 0.2) is 48.8 Å². The lowest BCUT2D eigenvalue weighted by Gasteiger charge is -2.11. The minimum atomic E-state index is -3.67. The fraction of sp³-hybridized carbons (Fsp3) is 0.150. The van der Waals surface area contributed by atoms with Gasteiger partial charge in [0.1, 0.15) is 11.6 Å². The maximum Gasteiger partial charge on any atom is 0.586 e. The molecule has 2 aromatic carbocycles. The Hall–Kier alpha value is -3.29. The molecule has 1 aliphatic heterocycles. The number of nitrogens with zero attached hydrogens (tertiary/aromatic N) is 1. The normalized spacial score (nSPS) is 14.2. The molecule has 28 heavy (non-hydrogen) atoms. The monoisotopic (exact) mass is 390 g/mol. The molecule has 0 bridgehead atoms. The van der Waals surface area contributed by atoms with Crippen LogP contribution in [0, 0.1) is 18.6 Å². The number of nitrogens with one attached hydrogen (secondary N) is 1. The van der Waals surface area contributed by atoms with E-state index in [0.717, 1.165) is 23.5 Å². The first-order valence-electron chi connectivity index (χ1n) is 8.35. The molecule has 0 spiro atoms. The summed E-state index contributed by atoms with van der Waals surface area (Å²) in [6.45, 7) is 1.73. The van der Waals surface area contributed by atoms with Crippen LogP contribution >= 0.6 is 0 Å². The molecule has 0 unspecified atom stereocenters. The minimum Gasteiger partial charge on any atom is -0.395 e. The average Bonchev–Trinajstić information content (AvgIpc) is 2.94. The smallest absolute Gasteiger partial charge is 0.395 e. The summed E-state index contributed by atoms with van der Waals surface area (Å²) in [6.07, 6.45) is -1.76. The second-order valence-corrected chi connectivity index (χ2v) is 6.29. The largest absolute Gasteiger partial charge is 0.586 e. The van der Waals surface area contributed by atoms with Crippen molar-refractivity contribution >= 4 is 5.69 Å². The van der Waals surface area contributed by atoms with Crippen LogP contribution in [-0.4, -0.2) is 11.3 Å². The van der Waals surface area contributed by atoms with Crippen molar-refractivity contribution in [3.05, 3.63) is 71.6 Å². The second-order valence-electron chi connectivity index (χ2n) is 6.29. The molecule has 2 heterocycles. The maximum absolute atomic E-state index is 13.6. The van der Waals surface area contributed by atoms with E-state index in [0.29, 0.717) is 11.3 Å². The zero-order valence-corrected chi connectivity index (χ0v) is 14.6. The maximum atomic E-state index is 13.6. The number of pyridine rings is 1. The van der Waals surface area contributed by atoms with Crippen molar-refractivity contribution in [2.45, 2.75) is 19.8 Å². The lowest BCUT2D eigenvalue weighted by Crippen LogP contribution is -2.25. The van der Waals surface area contributed by atoms with E-state index in [-0.39, 0.29) is 23.6 Å². The highest BCUT2D eigenvalue weighted by atomic mass is 19.3. The predicted molar refractivity (Wildman–Crippen MR) is 94.3 cm³/mol. The van der Waals surface area contributed by atoms with Gasteiger partial charge in [-0.05, 0) is 47.9 Å². The van der Waals surface area contributed by atoms with Gasteiger partial charge in [0.05, 0.1) is 12.4 Å². The summed E-state index contributed by atoms with van der Waals surface area (Å²) in [6, 6.07) is 9.98. The summed E-state index contributed by atoms with van der Waals surface area (Å²) >= 11 is 0. The Labute approximate surface area is 157 Å². The predicted octanol–water partition coefficient (Wildman–Crippen LogP) is 5.27. The molecule has 0 amide bonds. The number of hydrogen-bond acceptors (Lipinski definition) is 4. The lowest BCUT2D eigenvalue weighted by atomic mass is 9.99. The molecule has 0 fully saturated rings. The second kappa shape index (κ2) is 6.70. The van der Waals surface area contributed by atoms with Gasteiger partial charge in [0.15, 0.2) is 11.5 Å². The van der Waals surface area contributed by atoms with Gasteiger partial charge in [-0.25, -0.2) is 8.78 Å². The Balaban J connectivity index is 1.53. The van der Waals surface area contributed by atoms with Gasteiger partial charge in [0, 0.05) is 17.8 Å². The van der Waals surface area contributed by atoms with Gasteiger partial charge in [0.25, 0.3) is 0 Å². The molecule has 0 aliphatic carbocycles. The van der Waals surface area contributed by atoms with Crippen LogP contribution in [0.5, 0.6) is 11.5 Å². The standard InChI is InChI=1S/C20H14F4N2O2/c1-11-6-18-19(28-20(23,24)27-18)7-14(11)12-2-4-13(5-3-12)26-8-15-16(21)9-25-10-17(15)22/h2-7,9-10,26H,8H2,1H3. The van der Waals surface area contributed by atoms with E-state index in [2.05, 4.69) is 19.8 Å². The number of halogens is 4. The average molecular weight is 390 g/mol. The molecule has 8 heteroatoms. The van der Waals surface area contributed by atoms with E-state index >= 15 is 0 Å². The van der Waals surface area contributed by atoms with Gasteiger partial charge in [-0.3, -0.25) is 4.98 Å². The van der Waals surface area contributed by atoms with Crippen LogP contribution in [-0.2, 0) is 6.54 Å². The number of fused-ring (bicyclic) bond motifs is 1. The highest BCUT2D eigenvalue weighted by Gasteiger charge is 2.43. The first-order valence-corrected chi connectivity index (χ1v) is 8.35. The van der Waals surface area contributed by atoms with Crippen LogP contribution < -0.4 is 14.8 Å². The molecule has 0 saturated carbocycles. The van der Waals surface area contributed by atoms with Gasteiger partial charge in [-0.2, -0.15) is 0 Å². The van der Waals surface area contributed by atoms with Crippen LogP contribution in [0.3, 0.4) is 0 Å². The molecule has 0 atom stereocenters. The summed E-state index contributed by atoms with van der Waals surface area (Å²) < 4.78 is 62.7. The Kier molecular flexibility index (Phi) is 4.33. The molecule has 4 rings (SSSR count). The Morgan fingerprint density at radius 2 is 1.57 bits per heavy atom. The van der Waals surface area contributed by atoms with E-state index < -0.39 is 17.9 Å². The van der Waals surface area contributed by atoms with Crippen LogP contribution in [0.2, 0.25) is 0 Å². The van der Waals surface area contributed by atoms with Crippen LogP contribution in [0.25, 0.3) is 11.1 Å². The Bertz CT molecular complexity index is 1020. The summed E-state index contributed by atoms with van der Waals surface area (Å²) in [7, 11) is 0. The van der Waals surface area contributed by atoms with Gasteiger partial charge in [-0.15, -0.1) is 8.78 Å². The quantitative estimate of drug-likeness (QED) is 0.617. The fourth-order valence-corrected chi connectivity index (χ4v) is 2.97. The zero-order valence-electron chi connectivity index (χ0n) is 14.6. The van der Waals surface area contributed by atoms with Crippen molar-refractivity contribution in [3.63, 3.8) is 0 Å². The lowest BCUT2D eigenvalue weighted by molar-refractivity contribution is -0.286. The fourth-order valence-electron chi connectivity index (χ4n) is 2.97. The number of benzene rings is 2. The molecular weight excluding hydrogens is 376 g/mol. The topological polar surface area (TPSA) is 43.4 Å². The van der Waals surface area contributed by atoms with E-state index in [1.807, 2.05) is 0 Å². The molecule has 0 radical (unpaired) electrons. The van der Waals surface area contributed by atoms with Crippen molar-refractivity contribution in [2.75, 3.05) is 5.32 Å². The summed E-state index contributed by atoms with van der Waals surface area (Å²) in [4.78, 5) is 3.44. The van der Waals surface area contributed by atoms with Crippen LogP contribution in [0.4, 0.5) is 23.2 Å². The SMILES string of the molecule is Cc1cc2c(cc1-c1ccc(NCc3c(F)cncc3F)cc1)OC(F)(F)O2. The highest BCUT2D eigenvalue weighted by molar-refractivity contribution is 5.72. The highest BCUT2D eigenvalue weighted by Crippen LogP contribution is 2.44. The molecule has 1 N–H and O–H groups in total. The van der Waals surface area contributed by atoms with E-state index in [1.54, 1.807) is 31.2 Å². The first kappa shape index (κ1) is 18.1. The number of alkyl halides is 2. The van der Waals surface area contributed by atoms with Crippen molar-refractivity contribution < 1.29 is 27.0 Å². The van der Waals surface area contributed by atoms with Gasteiger partial charge < -0.3 is 14.8 Å². The third-order valence-electron chi connectivity index (χ3n) is 4.37. The molecule has 144 valence electrons.